The van der Waals surface area contributed by atoms with E-state index in [2.05, 4.69) is 10.2 Å². The molecule has 1 saturated heterocycles. The Morgan fingerprint density at radius 2 is 1.96 bits per heavy atom. The van der Waals surface area contributed by atoms with Gasteiger partial charge < -0.3 is 10.2 Å². The zero-order chi connectivity index (χ0) is 17.0. The van der Waals surface area contributed by atoms with Crippen molar-refractivity contribution in [1.29, 1.82) is 0 Å². The molecule has 0 aromatic carbocycles. The summed E-state index contributed by atoms with van der Waals surface area (Å²) >= 11 is 0. The molecule has 10 heteroatoms. The summed E-state index contributed by atoms with van der Waals surface area (Å²) in [6.07, 6.45) is -3.89. The molecule has 1 aliphatic heterocycles. The Labute approximate surface area is 128 Å². The number of alkyl halides is 3. The highest BCUT2D eigenvalue weighted by atomic mass is 19.4. The molecular weight excluding hydrogens is 317 g/mol. The minimum atomic E-state index is -4.44. The van der Waals surface area contributed by atoms with Crippen molar-refractivity contribution in [2.24, 2.45) is 5.92 Å². The van der Waals surface area contributed by atoms with Crippen LogP contribution in [0.25, 0.3) is 0 Å². The van der Waals surface area contributed by atoms with Gasteiger partial charge in [-0.2, -0.15) is 18.3 Å². The number of aromatic nitrogens is 2. The standard InChI is InChI=1S/C13H15F3N4O3/c14-13(15,16)7-17-11(22)8-3-5-20(6-4-8)12(23)9-1-2-10(21)19-18-9/h1-2,8H,3-7H2,(H,17,22)(H,19,21). The lowest BCUT2D eigenvalue weighted by atomic mass is 9.95. The largest absolute Gasteiger partial charge is 0.405 e. The number of likely N-dealkylation sites (tertiary alicyclic amines) is 1. The molecule has 0 spiro atoms. The summed E-state index contributed by atoms with van der Waals surface area (Å²) in [5.74, 6) is -1.60. The second-order valence-electron chi connectivity index (χ2n) is 5.21. The molecule has 23 heavy (non-hydrogen) atoms. The number of halogens is 3. The Bertz CT molecular complexity index is 616. The van der Waals surface area contributed by atoms with Crippen LogP contribution in [0.15, 0.2) is 16.9 Å². The lowest BCUT2D eigenvalue weighted by molar-refractivity contribution is -0.141. The Morgan fingerprint density at radius 1 is 1.30 bits per heavy atom. The molecule has 2 N–H and O–H groups in total. The SMILES string of the molecule is O=C(NCC(F)(F)F)C1CCN(C(=O)c2ccc(=O)[nH]n2)CC1. The number of H-pyrrole nitrogens is 1. The zero-order valence-corrected chi connectivity index (χ0v) is 12.0. The van der Waals surface area contributed by atoms with E-state index in [9.17, 15) is 27.6 Å². The molecule has 126 valence electrons. The molecule has 0 unspecified atom stereocenters. The van der Waals surface area contributed by atoms with E-state index in [1.807, 2.05) is 5.32 Å². The van der Waals surface area contributed by atoms with Gasteiger partial charge in [0.15, 0.2) is 0 Å². The minimum Gasteiger partial charge on any atom is -0.347 e. The monoisotopic (exact) mass is 332 g/mol. The molecule has 1 aromatic rings. The first-order valence-corrected chi connectivity index (χ1v) is 6.96. The van der Waals surface area contributed by atoms with Crippen LogP contribution in [0.5, 0.6) is 0 Å². The Hall–Kier alpha value is -2.39. The fourth-order valence-corrected chi connectivity index (χ4v) is 2.30. The molecule has 7 nitrogen and oxygen atoms in total. The molecule has 2 amide bonds. The molecule has 2 heterocycles. The van der Waals surface area contributed by atoms with Crippen LogP contribution in [0.2, 0.25) is 0 Å². The molecule has 2 rings (SSSR count). The van der Waals surface area contributed by atoms with E-state index in [4.69, 9.17) is 0 Å². The van der Waals surface area contributed by atoms with Gasteiger partial charge in [0.1, 0.15) is 12.2 Å². The molecule has 0 atom stereocenters. The molecule has 0 saturated carbocycles. The van der Waals surface area contributed by atoms with E-state index >= 15 is 0 Å². The predicted molar refractivity (Wildman–Crippen MR) is 72.5 cm³/mol. The maximum atomic E-state index is 12.1. The van der Waals surface area contributed by atoms with Crippen LogP contribution >= 0.6 is 0 Å². The number of nitrogens with one attached hydrogen (secondary N) is 2. The van der Waals surface area contributed by atoms with Crippen LogP contribution in [0, 0.1) is 5.92 Å². The van der Waals surface area contributed by atoms with Crippen LogP contribution in [0.1, 0.15) is 23.3 Å². The summed E-state index contributed by atoms with van der Waals surface area (Å²) in [6, 6.07) is 2.47. The van der Waals surface area contributed by atoms with Crippen molar-refractivity contribution in [3.63, 3.8) is 0 Å². The van der Waals surface area contributed by atoms with Gasteiger partial charge in [-0.25, -0.2) is 5.10 Å². The van der Waals surface area contributed by atoms with Crippen LogP contribution < -0.4 is 10.9 Å². The molecule has 0 bridgehead atoms. The van der Waals surface area contributed by atoms with Gasteiger partial charge in [-0.05, 0) is 18.9 Å². The zero-order valence-electron chi connectivity index (χ0n) is 12.0. The van der Waals surface area contributed by atoms with Crippen molar-refractivity contribution in [1.82, 2.24) is 20.4 Å². The fourth-order valence-electron chi connectivity index (χ4n) is 2.30. The molecular formula is C13H15F3N4O3. The molecule has 1 aliphatic rings. The number of hydrogen-bond donors (Lipinski definition) is 2. The van der Waals surface area contributed by atoms with E-state index in [1.165, 1.54) is 17.0 Å². The lowest BCUT2D eigenvalue weighted by Crippen LogP contribution is -2.45. The second kappa shape index (κ2) is 6.80. The maximum absolute atomic E-state index is 12.1. The third kappa shape index (κ3) is 4.80. The predicted octanol–water partition coefficient (Wildman–Crippen LogP) is 0.301. The van der Waals surface area contributed by atoms with Gasteiger partial charge in [-0.1, -0.05) is 0 Å². The minimum absolute atomic E-state index is 0.0737. The number of amides is 2. The third-order valence-electron chi connectivity index (χ3n) is 3.51. The van der Waals surface area contributed by atoms with E-state index in [-0.39, 0.29) is 31.6 Å². The van der Waals surface area contributed by atoms with Gasteiger partial charge in [0.05, 0.1) is 0 Å². The van der Waals surface area contributed by atoms with E-state index in [0.29, 0.717) is 0 Å². The Morgan fingerprint density at radius 3 is 2.48 bits per heavy atom. The molecule has 1 fully saturated rings. The second-order valence-corrected chi connectivity index (χ2v) is 5.21. The van der Waals surface area contributed by atoms with Crippen molar-refractivity contribution in [3.05, 3.63) is 28.2 Å². The molecule has 1 aromatic heterocycles. The number of carbonyl (C=O) groups is 2. The third-order valence-corrected chi connectivity index (χ3v) is 3.51. The van der Waals surface area contributed by atoms with E-state index < -0.39 is 36.0 Å². The van der Waals surface area contributed by atoms with Crippen molar-refractivity contribution in [2.75, 3.05) is 19.6 Å². The number of nitrogens with zero attached hydrogens (tertiary/aromatic N) is 2. The van der Waals surface area contributed by atoms with Gasteiger partial charge in [-0.15, -0.1) is 0 Å². The number of carbonyl (C=O) groups excluding carboxylic acids is 2. The normalized spacial score (nSPS) is 16.2. The average molecular weight is 332 g/mol. The Kier molecular flexibility index (Phi) is 5.02. The first kappa shape index (κ1) is 17.0. The van der Waals surface area contributed by atoms with Crippen molar-refractivity contribution >= 4 is 11.8 Å². The number of aromatic amines is 1. The van der Waals surface area contributed by atoms with E-state index in [1.54, 1.807) is 0 Å². The lowest BCUT2D eigenvalue weighted by Gasteiger charge is -2.31. The quantitative estimate of drug-likeness (QED) is 0.832. The highest BCUT2D eigenvalue weighted by molar-refractivity contribution is 5.92. The summed E-state index contributed by atoms with van der Waals surface area (Å²) in [4.78, 5) is 36.2. The summed E-state index contributed by atoms with van der Waals surface area (Å²) < 4.78 is 36.2. The van der Waals surface area contributed by atoms with Crippen LogP contribution in [0.4, 0.5) is 13.2 Å². The topological polar surface area (TPSA) is 95.2 Å². The number of hydrogen-bond acceptors (Lipinski definition) is 4. The highest BCUT2D eigenvalue weighted by Gasteiger charge is 2.32. The summed E-state index contributed by atoms with van der Waals surface area (Å²) in [7, 11) is 0. The number of piperidine rings is 1. The van der Waals surface area contributed by atoms with Crippen LogP contribution in [0.3, 0.4) is 0 Å². The average Bonchev–Trinajstić information content (AvgIpc) is 2.52. The van der Waals surface area contributed by atoms with Gasteiger partial charge in [-0.3, -0.25) is 14.4 Å². The number of rotatable bonds is 3. The Balaban J connectivity index is 1.86. The van der Waals surface area contributed by atoms with Crippen molar-refractivity contribution < 1.29 is 22.8 Å². The van der Waals surface area contributed by atoms with Crippen LogP contribution in [-0.2, 0) is 4.79 Å². The van der Waals surface area contributed by atoms with Crippen molar-refractivity contribution in [3.8, 4) is 0 Å². The summed E-state index contributed by atoms with van der Waals surface area (Å²) in [5, 5.41) is 7.64. The van der Waals surface area contributed by atoms with Gasteiger partial charge in [0.25, 0.3) is 11.5 Å². The first-order valence-electron chi connectivity index (χ1n) is 6.96. The van der Waals surface area contributed by atoms with E-state index in [0.717, 1.165) is 0 Å². The summed E-state index contributed by atoms with van der Waals surface area (Å²) in [5.41, 5.74) is -0.355. The highest BCUT2D eigenvalue weighted by Crippen LogP contribution is 2.19. The van der Waals surface area contributed by atoms with Gasteiger partial charge in [0.2, 0.25) is 5.91 Å². The van der Waals surface area contributed by atoms with Crippen LogP contribution in [-0.4, -0.2) is 52.7 Å². The summed E-state index contributed by atoms with van der Waals surface area (Å²) in [6.45, 7) is -0.875. The molecule has 0 aliphatic carbocycles. The fraction of sp³-hybridized carbons (Fsp3) is 0.538. The van der Waals surface area contributed by atoms with Gasteiger partial charge in [0, 0.05) is 25.1 Å². The maximum Gasteiger partial charge on any atom is 0.405 e. The van der Waals surface area contributed by atoms with Gasteiger partial charge >= 0.3 is 6.18 Å². The first-order chi connectivity index (χ1) is 10.8. The van der Waals surface area contributed by atoms with Crippen molar-refractivity contribution in [2.45, 2.75) is 19.0 Å². The smallest absolute Gasteiger partial charge is 0.347 e. The molecule has 0 radical (unpaired) electrons.